The fourth-order valence-electron chi connectivity index (χ4n) is 6.48. The number of carbonyl (C=O) groups is 2. The van der Waals surface area contributed by atoms with Crippen molar-refractivity contribution in [2.24, 2.45) is 5.92 Å². The second kappa shape index (κ2) is 12.9. The van der Waals surface area contributed by atoms with Crippen LogP contribution in [-0.2, 0) is 16.4 Å². The molecule has 3 aromatic rings. The number of likely N-dealkylation sites (tertiary alicyclic amines) is 1. The molecule has 0 spiro atoms. The molecule has 1 saturated carbocycles. The highest BCUT2D eigenvalue weighted by Gasteiger charge is 2.41. The first-order chi connectivity index (χ1) is 21.2. The van der Waals surface area contributed by atoms with Gasteiger partial charge in [0.2, 0.25) is 5.91 Å². The topological polar surface area (TPSA) is 81.7 Å². The van der Waals surface area contributed by atoms with Crippen molar-refractivity contribution in [2.75, 3.05) is 17.2 Å². The average Bonchev–Trinajstić information content (AvgIpc) is 3.49. The fourth-order valence-corrected chi connectivity index (χ4v) is 6.48. The number of benzene rings is 3. The molecule has 232 valence electrons. The highest BCUT2D eigenvalue weighted by Crippen LogP contribution is 2.40. The van der Waals surface area contributed by atoms with Gasteiger partial charge in [0.05, 0.1) is 23.1 Å². The van der Waals surface area contributed by atoms with Crippen molar-refractivity contribution in [1.29, 1.82) is 0 Å². The van der Waals surface area contributed by atoms with E-state index in [0.717, 1.165) is 37.4 Å². The van der Waals surface area contributed by atoms with Gasteiger partial charge < -0.3 is 20.6 Å². The van der Waals surface area contributed by atoms with E-state index in [1.54, 1.807) is 13.0 Å². The minimum absolute atomic E-state index is 0.0930. The van der Waals surface area contributed by atoms with Crippen molar-refractivity contribution < 1.29 is 32.3 Å². The van der Waals surface area contributed by atoms with Crippen LogP contribution < -0.4 is 10.6 Å². The maximum absolute atomic E-state index is 15.0. The van der Waals surface area contributed by atoms with Gasteiger partial charge in [-0.05, 0) is 79.6 Å². The lowest BCUT2D eigenvalue weighted by Gasteiger charge is -2.41. The van der Waals surface area contributed by atoms with Gasteiger partial charge >= 0.3 is 6.18 Å². The monoisotopic (exact) mass is 617 g/mol. The van der Waals surface area contributed by atoms with Crippen LogP contribution in [0.1, 0.15) is 77.2 Å². The van der Waals surface area contributed by atoms with E-state index >= 15 is 0 Å². The van der Waals surface area contributed by atoms with E-state index in [4.69, 9.17) is 15.7 Å². The van der Waals surface area contributed by atoms with Gasteiger partial charge in [-0.1, -0.05) is 43.2 Å². The van der Waals surface area contributed by atoms with E-state index in [1.807, 2.05) is 24.3 Å². The molecule has 0 bridgehead atoms. The highest BCUT2D eigenvalue weighted by atomic mass is 19.4. The molecule has 1 saturated heterocycles. The largest absolute Gasteiger partial charge is 0.416 e. The maximum atomic E-state index is 15.0. The van der Waals surface area contributed by atoms with Gasteiger partial charge in [-0.3, -0.25) is 9.59 Å². The molecular formula is C33H33B2F4N3O3. The summed E-state index contributed by atoms with van der Waals surface area (Å²) in [6.45, 7) is 1.89. The van der Waals surface area contributed by atoms with Crippen LogP contribution in [0.4, 0.5) is 28.9 Å². The molecule has 3 aromatic carbocycles. The lowest BCUT2D eigenvalue weighted by atomic mass is 9.60. The first-order valence-corrected chi connectivity index (χ1v) is 15.0. The summed E-state index contributed by atoms with van der Waals surface area (Å²) >= 11 is 0. The number of aryl methyl sites for hydroxylation is 1. The minimum atomic E-state index is -4.93. The molecule has 2 amide bonds. The zero-order chi connectivity index (χ0) is 32.5. The molecule has 1 aliphatic carbocycles. The average molecular weight is 617 g/mol. The Kier molecular flexibility index (Phi) is 9.35. The molecule has 2 atom stereocenters. The lowest BCUT2D eigenvalue weighted by Crippen LogP contribution is -2.46. The third-order valence-electron chi connectivity index (χ3n) is 8.67. The number of hydrogen-bond acceptors (Lipinski definition) is 4. The van der Waals surface area contributed by atoms with Crippen LogP contribution in [0.25, 0.3) is 0 Å². The number of hydrogen-bond donors (Lipinski definition) is 3. The van der Waals surface area contributed by atoms with Crippen LogP contribution in [0, 0.1) is 18.7 Å². The molecule has 6 nitrogen and oxygen atoms in total. The Morgan fingerprint density at radius 1 is 0.911 bits per heavy atom. The Morgan fingerprint density at radius 2 is 1.58 bits per heavy atom. The molecule has 2 fully saturated rings. The number of rotatable bonds is 7. The molecule has 45 heavy (non-hydrogen) atoms. The van der Waals surface area contributed by atoms with Crippen molar-refractivity contribution in [1.82, 2.24) is 4.90 Å². The number of amides is 2. The van der Waals surface area contributed by atoms with Gasteiger partial charge in [-0.15, -0.1) is 0 Å². The van der Waals surface area contributed by atoms with E-state index < -0.39 is 52.3 Å². The van der Waals surface area contributed by atoms with Crippen molar-refractivity contribution >= 4 is 38.9 Å². The van der Waals surface area contributed by atoms with Gasteiger partial charge in [-0.25, -0.2) is 4.39 Å². The van der Waals surface area contributed by atoms with Crippen LogP contribution in [-0.4, -0.2) is 50.1 Å². The van der Waals surface area contributed by atoms with E-state index in [0.29, 0.717) is 36.1 Å². The number of nitrogens with one attached hydrogen (secondary N) is 2. The van der Waals surface area contributed by atoms with E-state index in [1.165, 1.54) is 23.1 Å². The predicted molar refractivity (Wildman–Crippen MR) is 165 cm³/mol. The van der Waals surface area contributed by atoms with Crippen LogP contribution in [0.2, 0.25) is 0 Å². The third kappa shape index (κ3) is 7.21. The molecule has 0 aromatic heterocycles. The Bertz CT molecular complexity index is 1530. The Labute approximate surface area is 262 Å². The normalized spacial score (nSPS) is 19.4. The summed E-state index contributed by atoms with van der Waals surface area (Å²) in [5.74, 6) is -2.75. The molecule has 4 radical (unpaired) electrons. The quantitative estimate of drug-likeness (QED) is 0.219. The molecule has 5 rings (SSSR count). The van der Waals surface area contributed by atoms with Crippen molar-refractivity contribution in [2.45, 2.75) is 69.1 Å². The number of anilines is 2. The van der Waals surface area contributed by atoms with Gasteiger partial charge in [0, 0.05) is 29.4 Å². The van der Waals surface area contributed by atoms with Crippen molar-refractivity contribution in [3.63, 3.8) is 0 Å². The SMILES string of the molecule is [B]C([B])(O)c1ccc(NC(=O)[C@H]2CCCN(C(=O)c3c(C)cccc3F)[C@H]2c2ccc(NC3CCCC3)cc2)cc1C(F)(F)F. The number of piperidine rings is 1. The number of halogens is 4. The summed E-state index contributed by atoms with van der Waals surface area (Å²) < 4.78 is 56.5. The fraction of sp³-hybridized carbons (Fsp3) is 0.394. The van der Waals surface area contributed by atoms with Crippen LogP contribution in [0.5, 0.6) is 0 Å². The Balaban J connectivity index is 1.49. The first-order valence-electron chi connectivity index (χ1n) is 15.0. The summed E-state index contributed by atoms with van der Waals surface area (Å²) in [5, 5.41) is 13.2. The second-order valence-electron chi connectivity index (χ2n) is 11.9. The summed E-state index contributed by atoms with van der Waals surface area (Å²) in [6, 6.07) is 14.0. The van der Waals surface area contributed by atoms with Gasteiger partial charge in [0.15, 0.2) is 0 Å². The standard InChI is InChI=1S/C33H33B2F4N3O3/c1-19-6-4-10-27(36)28(19)31(44)42-17-5-9-24(29(42)20-11-13-22(14-12-20)40-21-7-2-3-8-21)30(43)41-23-15-16-25(32(34,35)45)26(18-23)33(37,38)39/h4,6,10-16,18,21,24,29,40,45H,2-3,5,7-9,17H2,1H3,(H,41,43)/t24-,29-/m0/s1. The molecule has 0 unspecified atom stereocenters. The molecule has 3 N–H and O–H groups in total. The zero-order valence-corrected chi connectivity index (χ0v) is 24.8. The zero-order valence-electron chi connectivity index (χ0n) is 24.8. The molecular weight excluding hydrogens is 584 g/mol. The predicted octanol–water partition coefficient (Wildman–Crippen LogP) is 6.18. The maximum Gasteiger partial charge on any atom is 0.416 e. The number of carbonyl (C=O) groups excluding carboxylic acids is 2. The molecule has 12 heteroatoms. The summed E-state index contributed by atoms with van der Waals surface area (Å²) in [5.41, 5.74) is -0.368. The van der Waals surface area contributed by atoms with E-state index in [-0.39, 0.29) is 17.8 Å². The molecule has 1 aliphatic heterocycles. The minimum Gasteiger partial charge on any atom is -0.405 e. The number of alkyl halides is 3. The second-order valence-corrected chi connectivity index (χ2v) is 11.9. The van der Waals surface area contributed by atoms with Gasteiger partial charge in [0.25, 0.3) is 5.91 Å². The lowest BCUT2D eigenvalue weighted by molar-refractivity contribution is -0.139. The van der Waals surface area contributed by atoms with Crippen LogP contribution >= 0.6 is 0 Å². The van der Waals surface area contributed by atoms with Crippen LogP contribution in [0.15, 0.2) is 60.7 Å². The smallest absolute Gasteiger partial charge is 0.405 e. The summed E-state index contributed by atoms with van der Waals surface area (Å²) in [6.07, 6.45) is 0.281. The van der Waals surface area contributed by atoms with Gasteiger partial charge in [-0.2, -0.15) is 13.2 Å². The summed E-state index contributed by atoms with van der Waals surface area (Å²) in [4.78, 5) is 29.2. The molecule has 2 aliphatic rings. The number of aliphatic hydroxyl groups is 1. The highest BCUT2D eigenvalue weighted by molar-refractivity contribution is 6.38. The molecule has 1 heterocycles. The number of nitrogens with zero attached hydrogens (tertiary/aromatic N) is 1. The summed E-state index contributed by atoms with van der Waals surface area (Å²) in [7, 11) is 10.7. The first kappa shape index (κ1) is 32.6. The van der Waals surface area contributed by atoms with E-state index in [2.05, 4.69) is 10.6 Å². The third-order valence-corrected chi connectivity index (χ3v) is 8.67. The Hall–Kier alpha value is -3.79. The van der Waals surface area contributed by atoms with Gasteiger partial charge in [0.1, 0.15) is 21.5 Å². The van der Waals surface area contributed by atoms with Crippen molar-refractivity contribution in [3.05, 3.63) is 94.3 Å². The van der Waals surface area contributed by atoms with Crippen LogP contribution in [0.3, 0.4) is 0 Å². The Morgan fingerprint density at radius 3 is 2.20 bits per heavy atom. The van der Waals surface area contributed by atoms with E-state index in [9.17, 15) is 32.3 Å². The van der Waals surface area contributed by atoms with Crippen molar-refractivity contribution in [3.8, 4) is 0 Å².